The van der Waals surface area contributed by atoms with Gasteiger partial charge in [0.2, 0.25) is 0 Å². The van der Waals surface area contributed by atoms with Crippen LogP contribution in [0.1, 0.15) is 54.4 Å². The van der Waals surface area contributed by atoms with E-state index in [9.17, 15) is 0 Å². The fraction of sp³-hybridized carbons (Fsp3) is 1.00. The maximum Gasteiger partial charge on any atom is 0.0690 e. The van der Waals surface area contributed by atoms with E-state index in [1.807, 2.05) is 0 Å². The van der Waals surface area contributed by atoms with Crippen molar-refractivity contribution in [1.29, 1.82) is 0 Å². The Labute approximate surface area is 124 Å². The van der Waals surface area contributed by atoms with E-state index in [0.717, 1.165) is 19.6 Å². The molecule has 116 valence electrons. The van der Waals surface area contributed by atoms with Gasteiger partial charge in [0, 0.05) is 36.1 Å². The number of ether oxygens (including phenoxy) is 1. The molecule has 1 heterocycles. The first-order valence-electron chi connectivity index (χ1n) is 8.21. The number of hydrogen-bond acceptors (Lipinski definition) is 3. The Morgan fingerprint density at radius 2 is 1.65 bits per heavy atom. The van der Waals surface area contributed by atoms with E-state index in [-0.39, 0.29) is 11.0 Å². The van der Waals surface area contributed by atoms with Crippen molar-refractivity contribution >= 4 is 0 Å². The molecule has 3 N–H and O–H groups in total. The van der Waals surface area contributed by atoms with Crippen molar-refractivity contribution in [2.75, 3.05) is 13.2 Å². The van der Waals surface area contributed by atoms with Crippen LogP contribution in [-0.2, 0) is 4.74 Å². The molecule has 0 amide bonds. The van der Waals surface area contributed by atoms with Gasteiger partial charge in [-0.25, -0.2) is 0 Å². The molecule has 1 saturated heterocycles. The van der Waals surface area contributed by atoms with Crippen LogP contribution in [-0.4, -0.2) is 30.8 Å². The first-order valence-corrected chi connectivity index (χ1v) is 8.21. The summed E-state index contributed by atoms with van der Waals surface area (Å²) in [6.07, 6.45) is 2.75. The lowest BCUT2D eigenvalue weighted by Gasteiger charge is -2.66. The molecule has 0 radical (unpaired) electrons. The molecule has 0 spiro atoms. The van der Waals surface area contributed by atoms with E-state index >= 15 is 0 Å². The van der Waals surface area contributed by atoms with Gasteiger partial charge in [0.25, 0.3) is 0 Å². The van der Waals surface area contributed by atoms with Gasteiger partial charge in [-0.05, 0) is 23.7 Å². The van der Waals surface area contributed by atoms with Gasteiger partial charge in [-0.1, -0.05) is 41.5 Å². The zero-order valence-electron chi connectivity index (χ0n) is 14.0. The molecule has 2 saturated carbocycles. The minimum atomic E-state index is -0.118. The molecule has 3 rings (SSSR count). The minimum Gasteiger partial charge on any atom is -0.377 e. The molecular formula is C17H32N2O. The van der Waals surface area contributed by atoms with Gasteiger partial charge in [0.05, 0.1) is 6.10 Å². The van der Waals surface area contributed by atoms with Gasteiger partial charge in [-0.15, -0.1) is 0 Å². The SMILES string of the molecule is CC1(C)C(NCC2(N)C3CCCOC3C2(C)C)C1(C)C. The standard InChI is InChI=1S/C17H32N2O/c1-14(2)12-11(8-7-9-20-12)17(14,18)10-19-13-15(3,4)16(13,5)6/h11-13,19H,7-10,18H2,1-6H3. The van der Waals surface area contributed by atoms with Crippen molar-refractivity contribution in [2.24, 2.45) is 27.9 Å². The monoisotopic (exact) mass is 280 g/mol. The highest BCUT2D eigenvalue weighted by Gasteiger charge is 2.69. The molecule has 3 atom stereocenters. The summed E-state index contributed by atoms with van der Waals surface area (Å²) in [6, 6.07) is 0.579. The van der Waals surface area contributed by atoms with Crippen LogP contribution in [0.15, 0.2) is 0 Å². The van der Waals surface area contributed by atoms with E-state index in [1.54, 1.807) is 0 Å². The first-order chi connectivity index (χ1) is 9.07. The van der Waals surface area contributed by atoms with Crippen molar-refractivity contribution in [1.82, 2.24) is 5.32 Å². The summed E-state index contributed by atoms with van der Waals surface area (Å²) in [6.45, 7) is 15.8. The number of nitrogens with one attached hydrogen (secondary N) is 1. The van der Waals surface area contributed by atoms with Gasteiger partial charge in [-0.2, -0.15) is 0 Å². The molecule has 1 aliphatic heterocycles. The van der Waals surface area contributed by atoms with E-state index in [1.165, 1.54) is 6.42 Å². The fourth-order valence-electron chi connectivity index (χ4n) is 5.00. The summed E-state index contributed by atoms with van der Waals surface area (Å²) in [7, 11) is 0. The van der Waals surface area contributed by atoms with Crippen molar-refractivity contribution in [3.63, 3.8) is 0 Å². The van der Waals surface area contributed by atoms with Crippen LogP contribution >= 0.6 is 0 Å². The van der Waals surface area contributed by atoms with Crippen LogP contribution in [0.3, 0.4) is 0 Å². The number of nitrogens with two attached hydrogens (primary N) is 1. The second-order valence-electron chi connectivity index (χ2n) is 9.06. The Bertz CT molecular complexity index is 401. The summed E-state index contributed by atoms with van der Waals surface area (Å²) in [5, 5.41) is 3.79. The zero-order chi connectivity index (χ0) is 15.0. The third kappa shape index (κ3) is 1.57. The van der Waals surface area contributed by atoms with Gasteiger partial charge < -0.3 is 15.8 Å². The molecule has 0 aromatic carbocycles. The quantitative estimate of drug-likeness (QED) is 0.835. The zero-order valence-corrected chi connectivity index (χ0v) is 14.0. The summed E-state index contributed by atoms with van der Waals surface area (Å²) in [5.41, 5.74) is 7.55. The summed E-state index contributed by atoms with van der Waals surface area (Å²) < 4.78 is 5.98. The molecule has 3 heteroatoms. The molecule has 3 fully saturated rings. The Kier molecular flexibility index (Phi) is 2.96. The predicted octanol–water partition coefficient (Wildman–Crippen LogP) is 2.54. The number of hydrogen-bond donors (Lipinski definition) is 2. The van der Waals surface area contributed by atoms with Gasteiger partial charge >= 0.3 is 0 Å². The van der Waals surface area contributed by atoms with Crippen molar-refractivity contribution in [2.45, 2.75) is 72.1 Å². The predicted molar refractivity (Wildman–Crippen MR) is 82.5 cm³/mol. The smallest absolute Gasteiger partial charge is 0.0690 e. The average Bonchev–Trinajstić information content (AvgIpc) is 2.76. The number of fused-ring (bicyclic) bond motifs is 1. The first kappa shape index (κ1) is 14.8. The molecular weight excluding hydrogens is 248 g/mol. The highest BCUT2D eigenvalue weighted by molar-refractivity contribution is 5.23. The third-order valence-corrected chi connectivity index (χ3v) is 7.51. The van der Waals surface area contributed by atoms with Crippen molar-refractivity contribution in [3.8, 4) is 0 Å². The van der Waals surface area contributed by atoms with Crippen molar-refractivity contribution in [3.05, 3.63) is 0 Å². The third-order valence-electron chi connectivity index (χ3n) is 7.51. The van der Waals surface area contributed by atoms with Gasteiger partial charge in [0.1, 0.15) is 0 Å². The second kappa shape index (κ2) is 3.99. The van der Waals surface area contributed by atoms with Crippen LogP contribution in [0.4, 0.5) is 0 Å². The van der Waals surface area contributed by atoms with E-state index < -0.39 is 0 Å². The summed E-state index contributed by atoms with van der Waals surface area (Å²) >= 11 is 0. The Balaban J connectivity index is 1.68. The maximum atomic E-state index is 6.85. The minimum absolute atomic E-state index is 0.0776. The topological polar surface area (TPSA) is 47.3 Å². The molecule has 0 aromatic rings. The lowest BCUT2D eigenvalue weighted by molar-refractivity contribution is -0.225. The summed E-state index contributed by atoms with van der Waals surface area (Å²) in [5.74, 6) is 0.531. The molecule has 2 aliphatic carbocycles. The van der Waals surface area contributed by atoms with Crippen molar-refractivity contribution < 1.29 is 4.74 Å². The lowest BCUT2D eigenvalue weighted by atomic mass is 9.46. The molecule has 0 aromatic heterocycles. The molecule has 3 unspecified atom stereocenters. The average molecular weight is 280 g/mol. The van der Waals surface area contributed by atoms with Crippen LogP contribution in [0, 0.1) is 22.2 Å². The highest BCUT2D eigenvalue weighted by atomic mass is 16.5. The second-order valence-corrected chi connectivity index (χ2v) is 9.06. The van der Waals surface area contributed by atoms with Crippen LogP contribution in [0.25, 0.3) is 0 Å². The van der Waals surface area contributed by atoms with E-state index in [2.05, 4.69) is 46.9 Å². The summed E-state index contributed by atoms with van der Waals surface area (Å²) in [4.78, 5) is 0. The Morgan fingerprint density at radius 3 is 2.20 bits per heavy atom. The fourth-order valence-corrected chi connectivity index (χ4v) is 5.00. The molecule has 20 heavy (non-hydrogen) atoms. The van der Waals surface area contributed by atoms with Gasteiger partial charge in [-0.3, -0.25) is 0 Å². The Hall–Kier alpha value is -0.120. The molecule has 0 bridgehead atoms. The van der Waals surface area contributed by atoms with Crippen LogP contribution in [0.2, 0.25) is 0 Å². The largest absolute Gasteiger partial charge is 0.377 e. The van der Waals surface area contributed by atoms with Gasteiger partial charge in [0.15, 0.2) is 0 Å². The van der Waals surface area contributed by atoms with Crippen LogP contribution in [0.5, 0.6) is 0 Å². The molecule has 3 aliphatic rings. The normalized spacial score (nSPS) is 44.5. The van der Waals surface area contributed by atoms with Crippen LogP contribution < -0.4 is 11.1 Å². The lowest BCUT2D eigenvalue weighted by Crippen LogP contribution is -2.80. The van der Waals surface area contributed by atoms with E-state index in [0.29, 0.717) is 28.9 Å². The highest BCUT2D eigenvalue weighted by Crippen LogP contribution is 2.63. The van der Waals surface area contributed by atoms with E-state index in [4.69, 9.17) is 10.5 Å². The maximum absolute atomic E-state index is 6.85. The number of rotatable bonds is 3. The molecule has 3 nitrogen and oxygen atoms in total. The Morgan fingerprint density at radius 1 is 1.05 bits per heavy atom.